The van der Waals surface area contributed by atoms with E-state index in [1.807, 2.05) is 0 Å². The maximum Gasteiger partial charge on any atom is 0.263 e. The number of benzene rings is 1. The van der Waals surface area contributed by atoms with Crippen LogP contribution in [0.1, 0.15) is 24.0 Å². The number of hydrogen-bond acceptors (Lipinski definition) is 3. The molecule has 1 aromatic carbocycles. The van der Waals surface area contributed by atoms with Gasteiger partial charge in [0, 0.05) is 38.2 Å². The van der Waals surface area contributed by atoms with Gasteiger partial charge in [-0.3, -0.25) is 4.79 Å². The van der Waals surface area contributed by atoms with Crippen LogP contribution >= 0.6 is 0 Å². The van der Waals surface area contributed by atoms with Crippen LogP contribution in [0.15, 0.2) is 24.3 Å². The molecule has 4 nitrogen and oxygen atoms in total. The van der Waals surface area contributed by atoms with E-state index >= 15 is 0 Å². The van der Waals surface area contributed by atoms with Gasteiger partial charge >= 0.3 is 0 Å². The molecule has 0 radical (unpaired) electrons. The Morgan fingerprint density at radius 2 is 2.10 bits per heavy atom. The Balaban J connectivity index is 1.69. The number of carbonyl (C=O) groups excluding carboxylic acids is 1. The zero-order valence-electron chi connectivity index (χ0n) is 11.9. The molecule has 2 rings (SSSR count). The summed E-state index contributed by atoms with van der Waals surface area (Å²) >= 11 is 0. The Bertz CT molecular complexity index is 463. The molecule has 6 heteroatoms. The molecule has 1 aliphatic rings. The van der Waals surface area contributed by atoms with Crippen LogP contribution in [0.3, 0.4) is 0 Å². The van der Waals surface area contributed by atoms with Gasteiger partial charge in [-0.2, -0.15) is 0 Å². The standard InChI is InChI=1S/C15H20F2N2O2/c16-15(17)13-3-1-2-12(10-13)11-18-5-4-14(20)19-6-8-21-9-7-19/h1-3,10,15,18H,4-9,11H2. The van der Waals surface area contributed by atoms with Crippen molar-refractivity contribution < 1.29 is 18.3 Å². The molecule has 1 saturated heterocycles. The molecule has 116 valence electrons. The number of rotatable bonds is 6. The summed E-state index contributed by atoms with van der Waals surface area (Å²) in [6.45, 7) is 3.51. The predicted octanol–water partition coefficient (Wildman–Crippen LogP) is 1.96. The smallest absolute Gasteiger partial charge is 0.263 e. The minimum atomic E-state index is -2.45. The summed E-state index contributed by atoms with van der Waals surface area (Å²) in [6.07, 6.45) is -2.04. The molecular weight excluding hydrogens is 278 g/mol. The second-order valence-electron chi connectivity index (χ2n) is 4.97. The van der Waals surface area contributed by atoms with E-state index in [2.05, 4.69) is 5.32 Å². The van der Waals surface area contributed by atoms with E-state index in [0.717, 1.165) is 5.56 Å². The summed E-state index contributed by atoms with van der Waals surface area (Å²) in [4.78, 5) is 13.7. The number of nitrogens with one attached hydrogen (secondary N) is 1. The molecule has 0 atom stereocenters. The van der Waals surface area contributed by atoms with Gasteiger partial charge in [0.25, 0.3) is 6.43 Å². The van der Waals surface area contributed by atoms with Gasteiger partial charge in [0.2, 0.25) is 5.91 Å². The third-order valence-corrected chi connectivity index (χ3v) is 3.41. The fourth-order valence-corrected chi connectivity index (χ4v) is 2.24. The lowest BCUT2D eigenvalue weighted by Crippen LogP contribution is -2.41. The first-order valence-electron chi connectivity index (χ1n) is 7.10. The quantitative estimate of drug-likeness (QED) is 0.816. The average molecular weight is 298 g/mol. The van der Waals surface area contributed by atoms with Gasteiger partial charge in [-0.1, -0.05) is 18.2 Å². The van der Waals surface area contributed by atoms with Crippen LogP contribution in [0.5, 0.6) is 0 Å². The molecule has 1 aliphatic heterocycles. The van der Waals surface area contributed by atoms with Crippen LogP contribution in [0.2, 0.25) is 0 Å². The van der Waals surface area contributed by atoms with Crippen molar-refractivity contribution in [3.63, 3.8) is 0 Å². The maximum absolute atomic E-state index is 12.6. The molecule has 0 bridgehead atoms. The van der Waals surface area contributed by atoms with E-state index in [9.17, 15) is 13.6 Å². The number of ether oxygens (including phenoxy) is 1. The molecule has 21 heavy (non-hydrogen) atoms. The Kier molecular flexibility index (Phi) is 6.07. The van der Waals surface area contributed by atoms with Crippen molar-refractivity contribution in [1.29, 1.82) is 0 Å². The normalized spacial score (nSPS) is 15.5. The van der Waals surface area contributed by atoms with Crippen molar-refractivity contribution in [2.45, 2.75) is 19.4 Å². The van der Waals surface area contributed by atoms with Crippen LogP contribution in [-0.4, -0.2) is 43.7 Å². The number of alkyl halides is 2. The van der Waals surface area contributed by atoms with Gasteiger partial charge < -0.3 is 15.0 Å². The molecule has 0 unspecified atom stereocenters. The fraction of sp³-hybridized carbons (Fsp3) is 0.533. The van der Waals surface area contributed by atoms with Crippen molar-refractivity contribution in [3.05, 3.63) is 35.4 Å². The second-order valence-corrected chi connectivity index (χ2v) is 4.97. The summed E-state index contributed by atoms with van der Waals surface area (Å²) in [7, 11) is 0. The van der Waals surface area contributed by atoms with Crippen molar-refractivity contribution in [1.82, 2.24) is 10.2 Å². The molecule has 1 heterocycles. The van der Waals surface area contributed by atoms with E-state index in [-0.39, 0.29) is 11.5 Å². The number of hydrogen-bond donors (Lipinski definition) is 1. The van der Waals surface area contributed by atoms with Crippen LogP contribution in [0.4, 0.5) is 8.78 Å². The highest BCUT2D eigenvalue weighted by Gasteiger charge is 2.15. The number of halogens is 2. The number of carbonyl (C=O) groups is 1. The Morgan fingerprint density at radius 1 is 1.33 bits per heavy atom. The third-order valence-electron chi connectivity index (χ3n) is 3.41. The second kappa shape index (κ2) is 8.05. The zero-order valence-corrected chi connectivity index (χ0v) is 11.9. The Labute approximate surface area is 123 Å². The summed E-state index contributed by atoms with van der Waals surface area (Å²) in [5, 5.41) is 3.11. The molecule has 1 amide bonds. The van der Waals surface area contributed by atoms with Crippen molar-refractivity contribution >= 4 is 5.91 Å². The average Bonchev–Trinajstić information content (AvgIpc) is 2.52. The van der Waals surface area contributed by atoms with Crippen LogP contribution < -0.4 is 5.32 Å². The third kappa shape index (κ3) is 5.06. The molecule has 0 aliphatic carbocycles. The van der Waals surface area contributed by atoms with Gasteiger partial charge in [-0.15, -0.1) is 0 Å². The lowest BCUT2D eigenvalue weighted by atomic mass is 10.1. The van der Waals surface area contributed by atoms with Crippen LogP contribution in [0, 0.1) is 0 Å². The lowest BCUT2D eigenvalue weighted by Gasteiger charge is -2.26. The fourth-order valence-electron chi connectivity index (χ4n) is 2.24. The Morgan fingerprint density at radius 3 is 2.81 bits per heavy atom. The summed E-state index contributed by atoms with van der Waals surface area (Å²) in [5.41, 5.74) is 0.824. The van der Waals surface area contributed by atoms with Gasteiger partial charge in [0.15, 0.2) is 0 Å². The highest BCUT2D eigenvalue weighted by Crippen LogP contribution is 2.19. The van der Waals surface area contributed by atoms with E-state index in [4.69, 9.17) is 4.74 Å². The summed E-state index contributed by atoms with van der Waals surface area (Å²) in [5.74, 6) is 0.104. The van der Waals surface area contributed by atoms with Gasteiger partial charge in [-0.05, 0) is 11.6 Å². The van der Waals surface area contributed by atoms with E-state index in [0.29, 0.717) is 45.8 Å². The lowest BCUT2D eigenvalue weighted by molar-refractivity contribution is -0.135. The maximum atomic E-state index is 12.6. The Hall–Kier alpha value is -1.53. The van der Waals surface area contributed by atoms with Crippen LogP contribution in [0.25, 0.3) is 0 Å². The van der Waals surface area contributed by atoms with E-state index < -0.39 is 6.43 Å². The topological polar surface area (TPSA) is 41.6 Å². The molecule has 1 N–H and O–H groups in total. The van der Waals surface area contributed by atoms with Crippen molar-refractivity contribution in [2.24, 2.45) is 0 Å². The first kappa shape index (κ1) is 15.9. The SMILES string of the molecule is O=C(CCNCc1cccc(C(F)F)c1)N1CCOCC1. The molecule has 1 fully saturated rings. The molecule has 0 aromatic heterocycles. The van der Waals surface area contributed by atoms with Gasteiger partial charge in [-0.25, -0.2) is 8.78 Å². The molecule has 1 aromatic rings. The van der Waals surface area contributed by atoms with E-state index in [1.165, 1.54) is 12.1 Å². The van der Waals surface area contributed by atoms with Crippen LogP contribution in [-0.2, 0) is 16.1 Å². The van der Waals surface area contributed by atoms with Crippen molar-refractivity contribution in [3.8, 4) is 0 Å². The largest absolute Gasteiger partial charge is 0.378 e. The van der Waals surface area contributed by atoms with Crippen molar-refractivity contribution in [2.75, 3.05) is 32.8 Å². The number of amides is 1. The first-order valence-corrected chi connectivity index (χ1v) is 7.10. The first-order chi connectivity index (χ1) is 10.2. The summed E-state index contributed by atoms with van der Waals surface area (Å²) in [6, 6.07) is 6.32. The zero-order chi connectivity index (χ0) is 15.1. The molecule has 0 spiro atoms. The van der Waals surface area contributed by atoms with Gasteiger partial charge in [0.05, 0.1) is 13.2 Å². The molecular formula is C15H20F2N2O2. The number of morpholine rings is 1. The number of nitrogens with zero attached hydrogens (tertiary/aromatic N) is 1. The minimum Gasteiger partial charge on any atom is -0.378 e. The highest BCUT2D eigenvalue weighted by atomic mass is 19.3. The van der Waals surface area contributed by atoms with Gasteiger partial charge in [0.1, 0.15) is 0 Å². The monoisotopic (exact) mass is 298 g/mol. The summed E-state index contributed by atoms with van der Waals surface area (Å²) < 4.78 is 30.3. The predicted molar refractivity (Wildman–Crippen MR) is 75.1 cm³/mol. The molecule has 0 saturated carbocycles. The minimum absolute atomic E-state index is 0.0266. The van der Waals surface area contributed by atoms with E-state index in [1.54, 1.807) is 17.0 Å². The highest BCUT2D eigenvalue weighted by molar-refractivity contribution is 5.76.